The van der Waals surface area contributed by atoms with Gasteiger partial charge in [0, 0.05) is 36.6 Å². The fourth-order valence-electron chi connectivity index (χ4n) is 5.90. The van der Waals surface area contributed by atoms with Gasteiger partial charge in [0.05, 0.1) is 12.1 Å². The van der Waals surface area contributed by atoms with E-state index >= 15 is 0 Å². The maximum absolute atomic E-state index is 13.9. The number of ketones is 1. The predicted molar refractivity (Wildman–Crippen MR) is 146 cm³/mol. The number of aryl methyl sites for hydroxylation is 2. The van der Waals surface area contributed by atoms with Crippen molar-refractivity contribution in [2.24, 2.45) is 11.7 Å². The lowest BCUT2D eigenvalue weighted by atomic mass is 9.94. The van der Waals surface area contributed by atoms with E-state index in [2.05, 4.69) is 43.0 Å². The van der Waals surface area contributed by atoms with Crippen molar-refractivity contribution >= 4 is 23.3 Å². The van der Waals surface area contributed by atoms with Gasteiger partial charge in [-0.3, -0.25) is 14.5 Å². The number of halogens is 1. The first-order valence-corrected chi connectivity index (χ1v) is 13.8. The van der Waals surface area contributed by atoms with E-state index in [0.717, 1.165) is 31.4 Å². The van der Waals surface area contributed by atoms with Gasteiger partial charge >= 0.3 is 0 Å². The van der Waals surface area contributed by atoms with Crippen molar-refractivity contribution < 1.29 is 9.59 Å². The zero-order chi connectivity index (χ0) is 25.7. The molecule has 4 atom stereocenters. The third-order valence-corrected chi connectivity index (χ3v) is 8.13. The fraction of sp³-hybridized carbons (Fsp3) is 0.533. The Morgan fingerprint density at radius 1 is 1.08 bits per heavy atom. The summed E-state index contributed by atoms with van der Waals surface area (Å²) in [5.41, 5.74) is 8.67. The minimum absolute atomic E-state index is 0.00222. The van der Waals surface area contributed by atoms with Crippen molar-refractivity contribution in [3.8, 4) is 0 Å². The van der Waals surface area contributed by atoms with Crippen LogP contribution < -0.4 is 5.73 Å². The summed E-state index contributed by atoms with van der Waals surface area (Å²) >= 11 is 6.34. The first-order chi connectivity index (χ1) is 17.3. The Balaban J connectivity index is 1.50. The number of hydrogen-bond donors (Lipinski definition) is 1. The van der Waals surface area contributed by atoms with E-state index in [0.29, 0.717) is 43.2 Å². The van der Waals surface area contributed by atoms with Crippen molar-refractivity contribution in [1.82, 2.24) is 9.80 Å². The minimum atomic E-state index is -0.397. The molecule has 0 radical (unpaired) electrons. The molecule has 0 saturated carbocycles. The number of Topliss-reactive ketones (excluding diaryl/α,β-unsaturated/α-hetero) is 1. The minimum Gasteiger partial charge on any atom is -0.331 e. The van der Waals surface area contributed by atoms with Gasteiger partial charge in [-0.25, -0.2) is 0 Å². The molecule has 0 aromatic heterocycles. The Bertz CT molecular complexity index is 1030. The fourth-order valence-corrected chi connectivity index (χ4v) is 6.13. The predicted octanol–water partition coefficient (Wildman–Crippen LogP) is 4.89. The first kappa shape index (κ1) is 26.8. The van der Waals surface area contributed by atoms with Crippen LogP contribution in [0.15, 0.2) is 54.6 Å². The van der Waals surface area contributed by atoms with E-state index in [1.54, 1.807) is 0 Å². The molecule has 36 heavy (non-hydrogen) atoms. The zero-order valence-corrected chi connectivity index (χ0v) is 22.4. The summed E-state index contributed by atoms with van der Waals surface area (Å²) in [6, 6.07) is 17.9. The maximum Gasteiger partial charge on any atom is 0.240 e. The molecule has 1 unspecified atom stereocenters. The van der Waals surface area contributed by atoms with Crippen LogP contribution in [0.2, 0.25) is 5.02 Å². The van der Waals surface area contributed by atoms with Crippen LogP contribution in [0, 0.1) is 5.92 Å². The summed E-state index contributed by atoms with van der Waals surface area (Å²) in [5.74, 6) is 0.529. The molecule has 4 rings (SSSR count). The second-order valence-corrected chi connectivity index (χ2v) is 11.3. The summed E-state index contributed by atoms with van der Waals surface area (Å²) in [7, 11) is 0. The molecule has 6 heteroatoms. The number of hydrogen-bond acceptors (Lipinski definition) is 4. The molecule has 2 heterocycles. The average molecular weight is 510 g/mol. The number of nitrogens with zero attached hydrogens (tertiary/aromatic N) is 2. The largest absolute Gasteiger partial charge is 0.331 e. The molecule has 5 nitrogen and oxygen atoms in total. The summed E-state index contributed by atoms with van der Waals surface area (Å²) in [4.78, 5) is 31.8. The number of benzene rings is 2. The van der Waals surface area contributed by atoms with Gasteiger partial charge in [0.25, 0.3) is 0 Å². The standard InChI is InChI=1S/C30H40ClN3O2/c1-21(2)18-27(29(35)15-13-23-10-6-7-11-26(23)31)33-17-16-25(14-12-22-8-4-3-5-9-22)34-20-24(32)19-28(34)30(33)36/h3-11,21,24-25,27-28H,12-20,32H2,1-2H3/t24-,25?,27-,28+/m1/s1. The van der Waals surface area contributed by atoms with Crippen molar-refractivity contribution in [1.29, 1.82) is 0 Å². The molecule has 2 N–H and O–H groups in total. The lowest BCUT2D eigenvalue weighted by Crippen LogP contribution is -2.51. The topological polar surface area (TPSA) is 66.6 Å². The highest BCUT2D eigenvalue weighted by molar-refractivity contribution is 6.31. The molecule has 0 spiro atoms. The SMILES string of the molecule is CC(C)C[C@H](C(=O)CCc1ccccc1Cl)N1CCC(CCc2ccccc2)N2C[C@H](N)C[C@H]2C1=O. The van der Waals surface area contributed by atoms with Crippen LogP contribution in [0.5, 0.6) is 0 Å². The van der Waals surface area contributed by atoms with E-state index < -0.39 is 6.04 Å². The molecule has 2 fully saturated rings. The van der Waals surface area contributed by atoms with Crippen LogP contribution >= 0.6 is 11.6 Å². The van der Waals surface area contributed by atoms with Crippen molar-refractivity contribution in [3.63, 3.8) is 0 Å². The molecular weight excluding hydrogens is 470 g/mol. The summed E-state index contributed by atoms with van der Waals surface area (Å²) in [6.45, 7) is 5.61. The van der Waals surface area contributed by atoms with Crippen molar-refractivity contribution in [2.45, 2.75) is 83.0 Å². The Hall–Kier alpha value is -2.21. The van der Waals surface area contributed by atoms with Gasteiger partial charge in [-0.2, -0.15) is 0 Å². The second-order valence-electron chi connectivity index (χ2n) is 10.9. The van der Waals surface area contributed by atoms with Gasteiger partial charge in [-0.15, -0.1) is 0 Å². The zero-order valence-electron chi connectivity index (χ0n) is 21.6. The number of carbonyl (C=O) groups is 2. The van der Waals surface area contributed by atoms with Crippen molar-refractivity contribution in [3.05, 3.63) is 70.7 Å². The Morgan fingerprint density at radius 2 is 1.81 bits per heavy atom. The van der Waals surface area contributed by atoms with Gasteiger partial charge in [0.1, 0.15) is 0 Å². The van der Waals surface area contributed by atoms with Crippen LogP contribution in [0.25, 0.3) is 0 Å². The second kappa shape index (κ2) is 12.4. The number of rotatable bonds is 10. The number of amides is 1. The van der Waals surface area contributed by atoms with Crippen LogP contribution in [-0.2, 0) is 22.4 Å². The quantitative estimate of drug-likeness (QED) is 0.495. The van der Waals surface area contributed by atoms with Gasteiger partial charge in [-0.05, 0) is 61.6 Å². The molecule has 2 aromatic carbocycles. The average Bonchev–Trinajstić information content (AvgIpc) is 3.20. The number of fused-ring (bicyclic) bond motifs is 1. The van der Waals surface area contributed by atoms with Crippen LogP contribution in [-0.4, -0.2) is 58.7 Å². The Morgan fingerprint density at radius 3 is 2.53 bits per heavy atom. The lowest BCUT2D eigenvalue weighted by Gasteiger charge is -2.33. The lowest BCUT2D eigenvalue weighted by molar-refractivity contribution is -0.142. The van der Waals surface area contributed by atoms with Crippen LogP contribution in [0.3, 0.4) is 0 Å². The summed E-state index contributed by atoms with van der Waals surface area (Å²) in [6.07, 6.45) is 5.16. The molecule has 194 valence electrons. The highest BCUT2D eigenvalue weighted by Gasteiger charge is 2.45. The van der Waals surface area contributed by atoms with E-state index in [-0.39, 0.29) is 29.8 Å². The summed E-state index contributed by atoms with van der Waals surface area (Å²) in [5, 5.41) is 0.688. The third-order valence-electron chi connectivity index (χ3n) is 7.76. The van der Waals surface area contributed by atoms with E-state index in [9.17, 15) is 9.59 Å². The Kier molecular flexibility index (Phi) is 9.21. The molecule has 2 saturated heterocycles. The van der Waals surface area contributed by atoms with Crippen LogP contribution in [0.1, 0.15) is 57.1 Å². The van der Waals surface area contributed by atoms with Gasteiger partial charge in [0.2, 0.25) is 5.91 Å². The molecule has 0 aliphatic carbocycles. The first-order valence-electron chi connectivity index (χ1n) is 13.4. The molecule has 1 amide bonds. The Labute approximate surface area is 221 Å². The highest BCUT2D eigenvalue weighted by atomic mass is 35.5. The van der Waals surface area contributed by atoms with E-state index in [1.807, 2.05) is 35.2 Å². The van der Waals surface area contributed by atoms with Crippen molar-refractivity contribution in [2.75, 3.05) is 13.1 Å². The molecule has 2 aliphatic rings. The van der Waals surface area contributed by atoms with Crippen LogP contribution in [0.4, 0.5) is 0 Å². The molecule has 2 aliphatic heterocycles. The van der Waals surface area contributed by atoms with E-state index in [4.69, 9.17) is 17.3 Å². The third kappa shape index (κ3) is 6.56. The highest BCUT2D eigenvalue weighted by Crippen LogP contribution is 2.31. The molecular formula is C30H40ClN3O2. The smallest absolute Gasteiger partial charge is 0.240 e. The number of nitrogens with two attached hydrogens (primary N) is 1. The number of carbonyl (C=O) groups excluding carboxylic acids is 2. The maximum atomic E-state index is 13.9. The van der Waals surface area contributed by atoms with Gasteiger partial charge in [0.15, 0.2) is 5.78 Å². The van der Waals surface area contributed by atoms with E-state index in [1.165, 1.54) is 5.56 Å². The summed E-state index contributed by atoms with van der Waals surface area (Å²) < 4.78 is 0. The molecule has 2 aromatic rings. The normalized spacial score (nSPS) is 23.5. The van der Waals surface area contributed by atoms with Gasteiger partial charge in [-0.1, -0.05) is 74.0 Å². The van der Waals surface area contributed by atoms with Gasteiger partial charge < -0.3 is 10.6 Å². The monoisotopic (exact) mass is 509 g/mol. The molecule has 0 bridgehead atoms.